The highest BCUT2D eigenvalue weighted by atomic mass is 32.2. The number of likely N-dealkylation sites (N-methyl/N-ethyl adjacent to an activating group) is 1. The van der Waals surface area contributed by atoms with Crippen LogP contribution in [0.25, 0.3) is 0 Å². The second-order valence-corrected chi connectivity index (χ2v) is 8.38. The van der Waals surface area contributed by atoms with Gasteiger partial charge in [-0.2, -0.15) is 0 Å². The summed E-state index contributed by atoms with van der Waals surface area (Å²) in [6.07, 6.45) is 0.912. The van der Waals surface area contributed by atoms with Gasteiger partial charge in [-0.3, -0.25) is 14.5 Å². The minimum Gasteiger partial charge on any atom is -0.480 e. The Balaban J connectivity index is 1.61. The van der Waals surface area contributed by atoms with Crippen molar-refractivity contribution in [2.24, 2.45) is 0 Å². The van der Waals surface area contributed by atoms with Gasteiger partial charge in [0.15, 0.2) is 0 Å². The Morgan fingerprint density at radius 3 is 3.12 bits per heavy atom. The monoisotopic (exact) mass is 370 g/mol. The molecule has 0 unspecified atom stereocenters. The second-order valence-electron chi connectivity index (χ2n) is 6.17. The molecular formula is C16H22N2O4S2. The molecule has 2 aliphatic rings. The van der Waals surface area contributed by atoms with Crippen LogP contribution < -0.4 is 0 Å². The van der Waals surface area contributed by atoms with Gasteiger partial charge in [0.1, 0.15) is 5.25 Å². The van der Waals surface area contributed by atoms with Crippen LogP contribution in [0.4, 0.5) is 0 Å². The van der Waals surface area contributed by atoms with E-state index in [0.717, 1.165) is 12.2 Å². The topological polar surface area (TPSA) is 70.1 Å². The SMILES string of the molecule is CN(CC(=O)O)C[C@@H]1CN(C(=O)[C@@H]2SCCc3sccc32)CCO1. The molecule has 6 nitrogen and oxygen atoms in total. The van der Waals surface area contributed by atoms with Crippen LogP contribution in [-0.4, -0.2) is 78.5 Å². The minimum atomic E-state index is -0.857. The normalized spacial score (nSPS) is 24.0. The molecule has 2 atom stereocenters. The first kappa shape index (κ1) is 17.7. The number of carboxylic acids is 1. The molecule has 132 valence electrons. The maximum Gasteiger partial charge on any atom is 0.317 e. The Labute approximate surface area is 149 Å². The smallest absolute Gasteiger partial charge is 0.317 e. The maximum atomic E-state index is 13.0. The van der Waals surface area contributed by atoms with Crippen LogP contribution >= 0.6 is 23.1 Å². The van der Waals surface area contributed by atoms with Crippen molar-refractivity contribution in [1.29, 1.82) is 0 Å². The summed E-state index contributed by atoms with van der Waals surface area (Å²) >= 11 is 3.46. The number of morpholine rings is 1. The molecule has 0 aliphatic carbocycles. The van der Waals surface area contributed by atoms with Crippen molar-refractivity contribution in [2.75, 3.05) is 45.6 Å². The summed E-state index contributed by atoms with van der Waals surface area (Å²) in [5, 5.41) is 10.8. The van der Waals surface area contributed by atoms with Gasteiger partial charge in [-0.1, -0.05) is 0 Å². The number of carboxylic acid groups (broad SMARTS) is 1. The number of thioether (sulfide) groups is 1. The summed E-state index contributed by atoms with van der Waals surface area (Å²) in [5.74, 6) is 0.289. The van der Waals surface area contributed by atoms with Gasteiger partial charge >= 0.3 is 5.97 Å². The highest BCUT2D eigenvalue weighted by Crippen LogP contribution is 2.40. The van der Waals surface area contributed by atoms with Gasteiger partial charge in [0.2, 0.25) is 5.91 Å². The molecule has 0 aromatic carbocycles. The molecule has 3 heterocycles. The first-order valence-electron chi connectivity index (χ1n) is 8.03. The van der Waals surface area contributed by atoms with Gasteiger partial charge in [-0.05, 0) is 36.2 Å². The van der Waals surface area contributed by atoms with Gasteiger partial charge in [0.05, 0.1) is 19.3 Å². The number of aliphatic carboxylic acids is 1. The van der Waals surface area contributed by atoms with Crippen molar-refractivity contribution in [3.8, 4) is 0 Å². The number of aryl methyl sites for hydroxylation is 1. The number of hydrogen-bond donors (Lipinski definition) is 1. The Bertz CT molecular complexity index is 607. The fourth-order valence-electron chi connectivity index (χ4n) is 3.19. The van der Waals surface area contributed by atoms with Crippen LogP contribution in [-0.2, 0) is 20.7 Å². The Morgan fingerprint density at radius 2 is 2.33 bits per heavy atom. The summed E-state index contributed by atoms with van der Waals surface area (Å²) in [5.41, 5.74) is 1.17. The minimum absolute atomic E-state index is 0.0233. The van der Waals surface area contributed by atoms with E-state index in [1.165, 1.54) is 10.4 Å². The van der Waals surface area contributed by atoms with E-state index in [0.29, 0.717) is 26.2 Å². The Kier molecular flexibility index (Phi) is 5.80. The molecule has 1 amide bonds. The van der Waals surface area contributed by atoms with Crippen LogP contribution in [0, 0.1) is 0 Å². The summed E-state index contributed by atoms with van der Waals surface area (Å²) in [4.78, 5) is 28.7. The number of amides is 1. The second kappa shape index (κ2) is 7.86. The van der Waals surface area contributed by atoms with Crippen LogP contribution in [0.5, 0.6) is 0 Å². The third-order valence-electron chi connectivity index (χ3n) is 4.27. The Morgan fingerprint density at radius 1 is 1.50 bits per heavy atom. The number of rotatable bonds is 5. The van der Waals surface area contributed by atoms with E-state index in [4.69, 9.17) is 9.84 Å². The first-order chi connectivity index (χ1) is 11.5. The number of ether oxygens (including phenoxy) is 1. The lowest BCUT2D eigenvalue weighted by atomic mass is 10.1. The Hall–Kier alpha value is -1.09. The van der Waals surface area contributed by atoms with E-state index in [2.05, 4.69) is 11.4 Å². The van der Waals surface area contributed by atoms with Gasteiger partial charge in [0.25, 0.3) is 0 Å². The van der Waals surface area contributed by atoms with E-state index in [1.54, 1.807) is 35.0 Å². The summed E-state index contributed by atoms with van der Waals surface area (Å²) in [7, 11) is 1.76. The molecular weight excluding hydrogens is 348 g/mol. The molecule has 0 spiro atoms. The zero-order valence-corrected chi connectivity index (χ0v) is 15.3. The fourth-order valence-corrected chi connectivity index (χ4v) is 5.56. The number of hydrogen-bond acceptors (Lipinski definition) is 6. The third-order valence-corrected chi connectivity index (χ3v) is 6.50. The largest absolute Gasteiger partial charge is 0.480 e. The highest BCUT2D eigenvalue weighted by molar-refractivity contribution is 8.00. The molecule has 3 rings (SSSR count). The average molecular weight is 370 g/mol. The molecule has 1 saturated heterocycles. The molecule has 24 heavy (non-hydrogen) atoms. The number of fused-ring (bicyclic) bond motifs is 1. The van der Waals surface area contributed by atoms with Crippen molar-refractivity contribution in [1.82, 2.24) is 9.80 Å². The quantitative estimate of drug-likeness (QED) is 0.843. The standard InChI is InChI=1S/C16H22N2O4S2/c1-17(10-14(19)20)8-11-9-18(4-5-22-11)16(21)15-12-2-6-23-13(12)3-7-24-15/h2,6,11,15H,3-5,7-10H2,1H3,(H,19,20)/t11-,15-/m1/s1. The zero-order chi connectivity index (χ0) is 17.1. The molecule has 1 aromatic heterocycles. The average Bonchev–Trinajstić information content (AvgIpc) is 3.02. The van der Waals surface area contributed by atoms with Crippen LogP contribution in [0.3, 0.4) is 0 Å². The lowest BCUT2D eigenvalue weighted by Crippen LogP contribution is -2.50. The maximum absolute atomic E-state index is 13.0. The van der Waals surface area contributed by atoms with Crippen molar-refractivity contribution in [3.63, 3.8) is 0 Å². The van der Waals surface area contributed by atoms with Crippen LogP contribution in [0.15, 0.2) is 11.4 Å². The molecule has 8 heteroatoms. The van der Waals surface area contributed by atoms with Gasteiger partial charge in [0, 0.05) is 24.5 Å². The predicted octanol–water partition coefficient (Wildman–Crippen LogP) is 1.32. The number of thiophene rings is 1. The van der Waals surface area contributed by atoms with Crippen LogP contribution in [0.1, 0.15) is 15.7 Å². The zero-order valence-electron chi connectivity index (χ0n) is 13.6. The van der Waals surface area contributed by atoms with Crippen molar-refractivity contribution < 1.29 is 19.4 Å². The molecule has 1 fully saturated rings. The van der Waals surface area contributed by atoms with Gasteiger partial charge in [-0.15, -0.1) is 23.1 Å². The van der Waals surface area contributed by atoms with Crippen LogP contribution in [0.2, 0.25) is 0 Å². The van der Waals surface area contributed by atoms with E-state index < -0.39 is 5.97 Å². The molecule has 1 aromatic rings. The summed E-state index contributed by atoms with van der Waals surface area (Å²) in [6, 6.07) is 2.08. The van der Waals surface area contributed by atoms with Crippen molar-refractivity contribution in [3.05, 3.63) is 21.9 Å². The molecule has 0 radical (unpaired) electrons. The first-order valence-corrected chi connectivity index (χ1v) is 9.96. The van der Waals surface area contributed by atoms with E-state index in [-0.39, 0.29) is 23.8 Å². The molecule has 2 aliphatic heterocycles. The van der Waals surface area contributed by atoms with Crippen molar-refractivity contribution >= 4 is 35.0 Å². The fraction of sp³-hybridized carbons (Fsp3) is 0.625. The van der Waals surface area contributed by atoms with Gasteiger partial charge in [-0.25, -0.2) is 0 Å². The third kappa shape index (κ3) is 4.11. The van der Waals surface area contributed by atoms with E-state index in [1.807, 2.05) is 4.90 Å². The number of carbonyl (C=O) groups is 2. The summed E-state index contributed by atoms with van der Waals surface area (Å²) in [6.45, 7) is 2.13. The molecule has 0 bridgehead atoms. The summed E-state index contributed by atoms with van der Waals surface area (Å²) < 4.78 is 5.72. The lowest BCUT2D eigenvalue weighted by molar-refractivity contribution is -0.142. The van der Waals surface area contributed by atoms with E-state index >= 15 is 0 Å². The van der Waals surface area contributed by atoms with Gasteiger partial charge < -0.3 is 14.7 Å². The lowest BCUT2D eigenvalue weighted by Gasteiger charge is -2.36. The highest BCUT2D eigenvalue weighted by Gasteiger charge is 2.34. The molecule has 0 saturated carbocycles. The van der Waals surface area contributed by atoms with Crippen molar-refractivity contribution in [2.45, 2.75) is 17.8 Å². The van der Waals surface area contributed by atoms with E-state index in [9.17, 15) is 9.59 Å². The number of nitrogens with zero attached hydrogens (tertiary/aromatic N) is 2. The molecule has 1 N–H and O–H groups in total. The number of carbonyl (C=O) groups excluding carboxylic acids is 1. The predicted molar refractivity (Wildman–Crippen MR) is 94.7 cm³/mol.